The van der Waals surface area contributed by atoms with Gasteiger partial charge in [0.15, 0.2) is 0 Å². The average Bonchev–Trinajstić information content (AvgIpc) is 2.29. The Morgan fingerprint density at radius 1 is 1.21 bits per heavy atom. The fourth-order valence-electron chi connectivity index (χ4n) is 1.95. The van der Waals surface area contributed by atoms with Crippen molar-refractivity contribution in [3.63, 3.8) is 0 Å². The first-order valence-electron chi connectivity index (χ1n) is 5.78. The minimum atomic E-state index is 0.231. The van der Waals surface area contributed by atoms with Crippen LogP contribution in [0.2, 0.25) is 0 Å². The standard InChI is InChI=1S/C12H26N2/c1-9-6-14(7-10(9)2)8-11(13)12(3,4)5/h9-11H,6-8,13H2,1-5H3/t9?,10?,11-/m0/s1. The molecule has 2 nitrogen and oxygen atoms in total. The summed E-state index contributed by atoms with van der Waals surface area (Å²) in [6.45, 7) is 14.9. The van der Waals surface area contributed by atoms with Crippen molar-refractivity contribution in [2.45, 2.75) is 40.7 Å². The van der Waals surface area contributed by atoms with E-state index < -0.39 is 0 Å². The Morgan fingerprint density at radius 2 is 1.64 bits per heavy atom. The van der Waals surface area contributed by atoms with Gasteiger partial charge in [-0.2, -0.15) is 0 Å². The van der Waals surface area contributed by atoms with E-state index in [1.165, 1.54) is 13.1 Å². The predicted molar refractivity (Wildman–Crippen MR) is 62.2 cm³/mol. The van der Waals surface area contributed by atoms with Gasteiger partial charge in [-0.3, -0.25) is 0 Å². The molecule has 0 aromatic rings. The summed E-state index contributed by atoms with van der Waals surface area (Å²) >= 11 is 0. The Kier molecular flexibility index (Phi) is 3.59. The molecule has 0 bridgehead atoms. The summed E-state index contributed by atoms with van der Waals surface area (Å²) < 4.78 is 0. The summed E-state index contributed by atoms with van der Waals surface area (Å²) in [6, 6.07) is 0.292. The summed E-state index contributed by atoms with van der Waals surface area (Å²) in [5.41, 5.74) is 6.41. The van der Waals surface area contributed by atoms with Crippen LogP contribution < -0.4 is 5.73 Å². The molecule has 14 heavy (non-hydrogen) atoms. The van der Waals surface area contributed by atoms with Crippen molar-refractivity contribution >= 4 is 0 Å². The van der Waals surface area contributed by atoms with Crippen LogP contribution in [0.15, 0.2) is 0 Å². The molecule has 1 saturated heterocycles. The van der Waals surface area contributed by atoms with Crippen LogP contribution in [0.1, 0.15) is 34.6 Å². The van der Waals surface area contributed by atoms with E-state index in [0.29, 0.717) is 6.04 Å². The molecular formula is C12H26N2. The smallest absolute Gasteiger partial charge is 0.0217 e. The molecule has 2 unspecified atom stereocenters. The van der Waals surface area contributed by atoms with Crippen LogP contribution in [0, 0.1) is 17.3 Å². The number of nitrogens with zero attached hydrogens (tertiary/aromatic N) is 1. The molecule has 3 atom stereocenters. The molecule has 1 heterocycles. The number of nitrogens with two attached hydrogens (primary N) is 1. The topological polar surface area (TPSA) is 29.3 Å². The third-order valence-electron chi connectivity index (χ3n) is 3.63. The molecule has 84 valence electrons. The highest BCUT2D eigenvalue weighted by molar-refractivity contribution is 4.85. The summed E-state index contributed by atoms with van der Waals surface area (Å²) in [4.78, 5) is 2.52. The molecule has 0 amide bonds. The first kappa shape index (κ1) is 12.0. The molecule has 1 fully saturated rings. The highest BCUT2D eigenvalue weighted by Gasteiger charge is 2.29. The SMILES string of the molecule is CC1CN(C[C@H](N)C(C)(C)C)CC1C. The Morgan fingerprint density at radius 3 is 2.00 bits per heavy atom. The first-order chi connectivity index (χ1) is 6.30. The molecule has 0 aromatic carbocycles. The second kappa shape index (κ2) is 4.19. The van der Waals surface area contributed by atoms with Gasteiger partial charge in [0, 0.05) is 25.7 Å². The number of rotatable bonds is 2. The fraction of sp³-hybridized carbons (Fsp3) is 1.00. The van der Waals surface area contributed by atoms with Gasteiger partial charge in [-0.25, -0.2) is 0 Å². The van der Waals surface area contributed by atoms with Crippen molar-refractivity contribution in [2.24, 2.45) is 23.0 Å². The molecule has 0 aromatic heterocycles. The van der Waals surface area contributed by atoms with E-state index in [0.717, 1.165) is 18.4 Å². The molecule has 2 heteroatoms. The van der Waals surface area contributed by atoms with E-state index in [9.17, 15) is 0 Å². The van der Waals surface area contributed by atoms with E-state index in [1.807, 2.05) is 0 Å². The van der Waals surface area contributed by atoms with E-state index in [4.69, 9.17) is 5.73 Å². The van der Waals surface area contributed by atoms with Crippen LogP contribution in [0.25, 0.3) is 0 Å². The van der Waals surface area contributed by atoms with Crippen LogP contribution in [-0.4, -0.2) is 30.6 Å². The molecule has 0 aliphatic carbocycles. The maximum absolute atomic E-state index is 6.18. The van der Waals surface area contributed by atoms with Gasteiger partial charge in [-0.1, -0.05) is 34.6 Å². The Labute approximate surface area is 88.8 Å². The second-order valence-electron chi connectivity index (χ2n) is 6.15. The third-order valence-corrected chi connectivity index (χ3v) is 3.63. The lowest BCUT2D eigenvalue weighted by molar-refractivity contribution is 0.221. The zero-order valence-corrected chi connectivity index (χ0v) is 10.4. The number of hydrogen-bond donors (Lipinski definition) is 1. The number of hydrogen-bond acceptors (Lipinski definition) is 2. The van der Waals surface area contributed by atoms with Gasteiger partial charge in [0.25, 0.3) is 0 Å². The Balaban J connectivity index is 2.40. The van der Waals surface area contributed by atoms with Crippen LogP contribution in [-0.2, 0) is 0 Å². The minimum Gasteiger partial charge on any atom is -0.326 e. The normalized spacial score (nSPS) is 32.1. The van der Waals surface area contributed by atoms with Crippen molar-refractivity contribution in [2.75, 3.05) is 19.6 Å². The Hall–Kier alpha value is -0.0800. The van der Waals surface area contributed by atoms with Gasteiger partial charge >= 0.3 is 0 Å². The van der Waals surface area contributed by atoms with Crippen molar-refractivity contribution in [1.29, 1.82) is 0 Å². The van der Waals surface area contributed by atoms with Crippen molar-refractivity contribution < 1.29 is 0 Å². The number of likely N-dealkylation sites (tertiary alicyclic amines) is 1. The molecule has 1 aliphatic heterocycles. The lowest BCUT2D eigenvalue weighted by atomic mass is 9.87. The van der Waals surface area contributed by atoms with Gasteiger partial charge < -0.3 is 10.6 Å². The molecule has 0 radical (unpaired) electrons. The minimum absolute atomic E-state index is 0.231. The largest absolute Gasteiger partial charge is 0.326 e. The molecule has 2 N–H and O–H groups in total. The lowest BCUT2D eigenvalue weighted by Crippen LogP contribution is -2.44. The summed E-state index contributed by atoms with van der Waals surface area (Å²) in [6.07, 6.45) is 0. The van der Waals surface area contributed by atoms with E-state index in [2.05, 4.69) is 39.5 Å². The van der Waals surface area contributed by atoms with Gasteiger partial charge in [0.1, 0.15) is 0 Å². The maximum atomic E-state index is 6.18. The van der Waals surface area contributed by atoms with Crippen molar-refractivity contribution in [3.05, 3.63) is 0 Å². The van der Waals surface area contributed by atoms with E-state index in [1.54, 1.807) is 0 Å². The van der Waals surface area contributed by atoms with Gasteiger partial charge in [-0.15, -0.1) is 0 Å². The van der Waals surface area contributed by atoms with Crippen molar-refractivity contribution in [3.8, 4) is 0 Å². The van der Waals surface area contributed by atoms with Crippen LogP contribution in [0.4, 0.5) is 0 Å². The zero-order valence-electron chi connectivity index (χ0n) is 10.4. The summed E-state index contributed by atoms with van der Waals surface area (Å²) in [5, 5.41) is 0. The van der Waals surface area contributed by atoms with E-state index in [-0.39, 0.29) is 5.41 Å². The highest BCUT2D eigenvalue weighted by atomic mass is 15.2. The average molecular weight is 198 g/mol. The van der Waals surface area contributed by atoms with Crippen LogP contribution >= 0.6 is 0 Å². The molecule has 0 spiro atoms. The third kappa shape index (κ3) is 2.96. The monoisotopic (exact) mass is 198 g/mol. The quantitative estimate of drug-likeness (QED) is 0.735. The molecule has 0 saturated carbocycles. The van der Waals surface area contributed by atoms with Gasteiger partial charge in [0.2, 0.25) is 0 Å². The fourth-order valence-corrected chi connectivity index (χ4v) is 1.95. The van der Waals surface area contributed by atoms with Crippen molar-refractivity contribution in [1.82, 2.24) is 4.90 Å². The molecular weight excluding hydrogens is 172 g/mol. The zero-order chi connectivity index (χ0) is 10.9. The van der Waals surface area contributed by atoms with Gasteiger partial charge in [-0.05, 0) is 17.3 Å². The van der Waals surface area contributed by atoms with Gasteiger partial charge in [0.05, 0.1) is 0 Å². The summed E-state index contributed by atoms with van der Waals surface area (Å²) in [5.74, 6) is 1.67. The second-order valence-corrected chi connectivity index (χ2v) is 6.15. The molecule has 1 rings (SSSR count). The predicted octanol–water partition coefficient (Wildman–Crippen LogP) is 1.95. The van der Waals surface area contributed by atoms with E-state index >= 15 is 0 Å². The maximum Gasteiger partial charge on any atom is 0.0217 e. The molecule has 1 aliphatic rings. The highest BCUT2D eigenvalue weighted by Crippen LogP contribution is 2.24. The first-order valence-corrected chi connectivity index (χ1v) is 5.78. The summed E-state index contributed by atoms with van der Waals surface area (Å²) in [7, 11) is 0. The van der Waals surface area contributed by atoms with Crippen LogP contribution in [0.5, 0.6) is 0 Å². The Bertz CT molecular complexity index is 173. The lowest BCUT2D eigenvalue weighted by Gasteiger charge is -2.30. The van der Waals surface area contributed by atoms with Crippen LogP contribution in [0.3, 0.4) is 0 Å².